The van der Waals surface area contributed by atoms with Gasteiger partial charge in [0.05, 0.1) is 0 Å². The summed E-state index contributed by atoms with van der Waals surface area (Å²) in [5.74, 6) is 1.01. The van der Waals surface area contributed by atoms with E-state index < -0.39 is 0 Å². The van der Waals surface area contributed by atoms with Crippen LogP contribution < -0.4 is 4.74 Å². The molecule has 0 spiro atoms. The van der Waals surface area contributed by atoms with Crippen LogP contribution in [0.4, 0.5) is 0 Å². The molecule has 0 bridgehead atoms. The Morgan fingerprint density at radius 2 is 1.85 bits per heavy atom. The third-order valence-electron chi connectivity index (χ3n) is 3.16. The van der Waals surface area contributed by atoms with Gasteiger partial charge in [-0.1, -0.05) is 30.3 Å². The lowest BCUT2D eigenvalue weighted by atomic mass is 10.0. The summed E-state index contributed by atoms with van der Waals surface area (Å²) in [5.41, 5.74) is 2.92. The fourth-order valence-electron chi connectivity index (χ4n) is 2.39. The highest BCUT2D eigenvalue weighted by Crippen LogP contribution is 2.35. The van der Waals surface area contributed by atoms with E-state index in [4.69, 9.17) is 9.15 Å². The number of furan rings is 1. The van der Waals surface area contributed by atoms with Crippen molar-refractivity contribution in [2.24, 2.45) is 0 Å². The first-order valence-electron chi connectivity index (χ1n) is 6.42. The molecule has 1 aromatic heterocycles. The highest BCUT2D eigenvalue weighted by Gasteiger charge is 2.13. The molecule has 20 heavy (non-hydrogen) atoms. The molecule has 0 aliphatic rings. The number of hydrogen-bond donors (Lipinski definition) is 0. The Balaban J connectivity index is 2.15. The van der Waals surface area contributed by atoms with Crippen LogP contribution in [0.25, 0.3) is 22.1 Å². The van der Waals surface area contributed by atoms with E-state index in [-0.39, 0.29) is 5.97 Å². The van der Waals surface area contributed by atoms with E-state index in [0.29, 0.717) is 5.75 Å². The highest BCUT2D eigenvalue weighted by molar-refractivity contribution is 5.96. The maximum Gasteiger partial charge on any atom is 0.308 e. The van der Waals surface area contributed by atoms with E-state index in [1.807, 2.05) is 31.2 Å². The summed E-state index contributed by atoms with van der Waals surface area (Å²) >= 11 is 0. The summed E-state index contributed by atoms with van der Waals surface area (Å²) in [6, 6.07) is 15.5. The predicted molar refractivity (Wildman–Crippen MR) is 77.7 cm³/mol. The molecule has 3 heteroatoms. The number of carbonyl (C=O) groups is 1. The second kappa shape index (κ2) is 4.85. The van der Waals surface area contributed by atoms with Gasteiger partial charge in [0.25, 0.3) is 0 Å². The first-order chi connectivity index (χ1) is 9.65. The van der Waals surface area contributed by atoms with E-state index >= 15 is 0 Å². The van der Waals surface area contributed by atoms with E-state index in [9.17, 15) is 4.79 Å². The standard InChI is InChI=1S/C17H14O3/c1-11-17(13-6-4-3-5-7-13)15-9-8-14(20-12(2)18)10-16(15)19-11/h3-10H,1-2H3. The van der Waals surface area contributed by atoms with Gasteiger partial charge in [0, 0.05) is 23.9 Å². The van der Waals surface area contributed by atoms with Gasteiger partial charge in [-0.3, -0.25) is 4.79 Å². The van der Waals surface area contributed by atoms with Crippen LogP contribution in [-0.4, -0.2) is 5.97 Å². The van der Waals surface area contributed by atoms with Crippen molar-refractivity contribution < 1.29 is 13.9 Å². The van der Waals surface area contributed by atoms with Crippen LogP contribution in [-0.2, 0) is 4.79 Å². The summed E-state index contributed by atoms with van der Waals surface area (Å²) < 4.78 is 10.9. The molecule has 3 aromatic rings. The number of aryl methyl sites for hydroxylation is 1. The summed E-state index contributed by atoms with van der Waals surface area (Å²) in [4.78, 5) is 11.0. The molecule has 1 heterocycles. The van der Waals surface area contributed by atoms with E-state index in [2.05, 4.69) is 12.1 Å². The SMILES string of the molecule is CC(=O)Oc1ccc2c(-c3ccccc3)c(C)oc2c1. The van der Waals surface area contributed by atoms with E-state index in [1.54, 1.807) is 12.1 Å². The molecule has 0 fully saturated rings. The maximum absolute atomic E-state index is 11.0. The van der Waals surface area contributed by atoms with Gasteiger partial charge in [-0.25, -0.2) is 0 Å². The fourth-order valence-corrected chi connectivity index (χ4v) is 2.39. The van der Waals surface area contributed by atoms with Crippen LogP contribution in [0.2, 0.25) is 0 Å². The minimum atomic E-state index is -0.337. The van der Waals surface area contributed by atoms with Gasteiger partial charge in [0.2, 0.25) is 0 Å². The lowest BCUT2D eigenvalue weighted by Gasteiger charge is -2.01. The first kappa shape index (κ1) is 12.5. The molecule has 100 valence electrons. The first-order valence-corrected chi connectivity index (χ1v) is 6.42. The monoisotopic (exact) mass is 266 g/mol. The molecular weight excluding hydrogens is 252 g/mol. The summed E-state index contributed by atoms with van der Waals surface area (Å²) in [6.45, 7) is 3.32. The number of esters is 1. The number of benzene rings is 2. The van der Waals surface area contributed by atoms with Crippen LogP contribution in [0.15, 0.2) is 52.9 Å². The molecule has 0 radical (unpaired) electrons. The summed E-state index contributed by atoms with van der Waals surface area (Å²) in [6.07, 6.45) is 0. The van der Waals surface area contributed by atoms with Gasteiger partial charge in [-0.15, -0.1) is 0 Å². The smallest absolute Gasteiger partial charge is 0.308 e. The molecular formula is C17H14O3. The zero-order chi connectivity index (χ0) is 14.1. The molecule has 3 rings (SSSR count). The third kappa shape index (κ3) is 2.18. The molecule has 0 saturated carbocycles. The predicted octanol–water partition coefficient (Wildman–Crippen LogP) is 4.33. The number of rotatable bonds is 2. The topological polar surface area (TPSA) is 39.4 Å². The Bertz CT molecular complexity index is 770. The molecule has 0 aliphatic heterocycles. The second-order valence-corrected chi connectivity index (χ2v) is 4.65. The summed E-state index contributed by atoms with van der Waals surface area (Å²) in [7, 11) is 0. The van der Waals surface area contributed by atoms with Crippen molar-refractivity contribution in [3.8, 4) is 16.9 Å². The van der Waals surface area contributed by atoms with Gasteiger partial charge >= 0.3 is 5.97 Å². The largest absolute Gasteiger partial charge is 0.461 e. The van der Waals surface area contributed by atoms with Gasteiger partial charge < -0.3 is 9.15 Å². The van der Waals surface area contributed by atoms with Gasteiger partial charge in [0.1, 0.15) is 17.1 Å². The number of carbonyl (C=O) groups excluding carboxylic acids is 1. The van der Waals surface area contributed by atoms with E-state index in [1.165, 1.54) is 6.92 Å². The molecule has 0 unspecified atom stereocenters. The average Bonchev–Trinajstić information content (AvgIpc) is 2.74. The van der Waals surface area contributed by atoms with Crippen molar-refractivity contribution in [1.29, 1.82) is 0 Å². The van der Waals surface area contributed by atoms with E-state index in [0.717, 1.165) is 27.9 Å². The Labute approximate surface area is 116 Å². The number of ether oxygens (including phenoxy) is 1. The van der Waals surface area contributed by atoms with Gasteiger partial charge in [-0.2, -0.15) is 0 Å². The van der Waals surface area contributed by atoms with Crippen LogP contribution in [0.5, 0.6) is 5.75 Å². The van der Waals surface area contributed by atoms with Crippen LogP contribution in [0.3, 0.4) is 0 Å². The van der Waals surface area contributed by atoms with Gasteiger partial charge in [0.15, 0.2) is 0 Å². The Hall–Kier alpha value is -2.55. The van der Waals surface area contributed by atoms with Crippen molar-refractivity contribution in [1.82, 2.24) is 0 Å². The molecule has 0 N–H and O–H groups in total. The average molecular weight is 266 g/mol. The molecule has 0 amide bonds. The third-order valence-corrected chi connectivity index (χ3v) is 3.16. The van der Waals surface area contributed by atoms with Crippen molar-refractivity contribution in [3.05, 3.63) is 54.3 Å². The number of hydrogen-bond acceptors (Lipinski definition) is 3. The Kier molecular flexibility index (Phi) is 3.03. The Morgan fingerprint density at radius 1 is 1.10 bits per heavy atom. The van der Waals surface area contributed by atoms with Crippen LogP contribution >= 0.6 is 0 Å². The zero-order valence-corrected chi connectivity index (χ0v) is 11.3. The molecule has 0 aliphatic carbocycles. The molecule has 3 nitrogen and oxygen atoms in total. The zero-order valence-electron chi connectivity index (χ0n) is 11.3. The number of fused-ring (bicyclic) bond motifs is 1. The van der Waals surface area contributed by atoms with Crippen molar-refractivity contribution in [3.63, 3.8) is 0 Å². The quantitative estimate of drug-likeness (QED) is 0.512. The maximum atomic E-state index is 11.0. The highest BCUT2D eigenvalue weighted by atomic mass is 16.5. The van der Waals surface area contributed by atoms with Crippen LogP contribution in [0, 0.1) is 6.92 Å². The normalized spacial score (nSPS) is 10.7. The lowest BCUT2D eigenvalue weighted by molar-refractivity contribution is -0.131. The second-order valence-electron chi connectivity index (χ2n) is 4.65. The van der Waals surface area contributed by atoms with Gasteiger partial charge in [-0.05, 0) is 24.6 Å². The Morgan fingerprint density at radius 3 is 2.55 bits per heavy atom. The lowest BCUT2D eigenvalue weighted by Crippen LogP contribution is -2.00. The fraction of sp³-hybridized carbons (Fsp3) is 0.118. The van der Waals surface area contributed by atoms with Crippen LogP contribution in [0.1, 0.15) is 12.7 Å². The van der Waals surface area contributed by atoms with Crippen molar-refractivity contribution in [2.45, 2.75) is 13.8 Å². The van der Waals surface area contributed by atoms with Crippen molar-refractivity contribution in [2.75, 3.05) is 0 Å². The van der Waals surface area contributed by atoms with Crippen molar-refractivity contribution >= 4 is 16.9 Å². The summed E-state index contributed by atoms with van der Waals surface area (Å²) in [5, 5.41) is 1.02. The minimum Gasteiger partial charge on any atom is -0.461 e. The molecule has 0 atom stereocenters. The minimum absolute atomic E-state index is 0.337. The molecule has 2 aromatic carbocycles. The molecule has 0 saturated heterocycles.